The standard InChI is InChI=1S/C14H19F3N2O/c1-14(2,3)6-8(7-18)13(20)19-12-5-10(16)9(15)4-11(12)17/h4-5,8H,6-7,18H2,1-3H3,(H,19,20). The van der Waals surface area contributed by atoms with Crippen LogP contribution < -0.4 is 11.1 Å². The molecule has 0 fully saturated rings. The highest BCUT2D eigenvalue weighted by molar-refractivity contribution is 5.92. The number of halogens is 3. The van der Waals surface area contributed by atoms with Crippen LogP contribution in [0.4, 0.5) is 18.9 Å². The van der Waals surface area contributed by atoms with E-state index in [2.05, 4.69) is 5.32 Å². The van der Waals surface area contributed by atoms with E-state index in [9.17, 15) is 18.0 Å². The summed E-state index contributed by atoms with van der Waals surface area (Å²) < 4.78 is 39.3. The molecule has 0 spiro atoms. The second kappa shape index (κ2) is 6.26. The van der Waals surface area contributed by atoms with E-state index in [4.69, 9.17) is 5.73 Å². The summed E-state index contributed by atoms with van der Waals surface area (Å²) in [6.07, 6.45) is 0.501. The molecular weight excluding hydrogens is 269 g/mol. The van der Waals surface area contributed by atoms with Crippen molar-refractivity contribution in [2.24, 2.45) is 17.1 Å². The molecule has 1 unspecified atom stereocenters. The number of amides is 1. The zero-order valence-corrected chi connectivity index (χ0v) is 11.8. The summed E-state index contributed by atoms with van der Waals surface area (Å²) in [6.45, 7) is 5.93. The summed E-state index contributed by atoms with van der Waals surface area (Å²) >= 11 is 0. The highest BCUT2D eigenvalue weighted by Gasteiger charge is 2.24. The molecule has 3 nitrogen and oxygen atoms in total. The van der Waals surface area contributed by atoms with E-state index in [1.165, 1.54) is 0 Å². The molecule has 1 atom stereocenters. The number of carbonyl (C=O) groups excluding carboxylic acids is 1. The maximum Gasteiger partial charge on any atom is 0.228 e. The van der Waals surface area contributed by atoms with Crippen molar-refractivity contribution in [2.75, 3.05) is 11.9 Å². The van der Waals surface area contributed by atoms with Gasteiger partial charge in [-0.15, -0.1) is 0 Å². The van der Waals surface area contributed by atoms with Crippen LogP contribution in [0, 0.1) is 28.8 Å². The molecule has 0 saturated carbocycles. The van der Waals surface area contributed by atoms with Gasteiger partial charge in [-0.2, -0.15) is 0 Å². The predicted molar refractivity (Wildman–Crippen MR) is 71.6 cm³/mol. The maximum atomic E-state index is 13.4. The van der Waals surface area contributed by atoms with Crippen LogP contribution >= 0.6 is 0 Å². The van der Waals surface area contributed by atoms with Gasteiger partial charge in [0, 0.05) is 18.7 Å². The fraction of sp³-hybridized carbons (Fsp3) is 0.500. The monoisotopic (exact) mass is 288 g/mol. The molecule has 0 radical (unpaired) electrons. The molecule has 0 aliphatic carbocycles. The van der Waals surface area contributed by atoms with Crippen molar-refractivity contribution in [3.8, 4) is 0 Å². The number of nitrogens with one attached hydrogen (secondary N) is 1. The molecule has 1 rings (SSSR count). The summed E-state index contributed by atoms with van der Waals surface area (Å²) in [4.78, 5) is 12.0. The van der Waals surface area contributed by atoms with Crippen LogP contribution in [0.25, 0.3) is 0 Å². The predicted octanol–water partition coefficient (Wildman–Crippen LogP) is 3.05. The minimum Gasteiger partial charge on any atom is -0.330 e. The van der Waals surface area contributed by atoms with Crippen molar-refractivity contribution in [3.63, 3.8) is 0 Å². The second-order valence-electron chi connectivity index (χ2n) is 5.93. The highest BCUT2D eigenvalue weighted by atomic mass is 19.2. The minimum absolute atomic E-state index is 0.0917. The molecule has 3 N–H and O–H groups in total. The Kier molecular flexibility index (Phi) is 5.16. The Labute approximate surface area is 116 Å². The Morgan fingerprint density at radius 3 is 2.25 bits per heavy atom. The molecule has 112 valence electrons. The van der Waals surface area contributed by atoms with Gasteiger partial charge in [0.15, 0.2) is 11.6 Å². The number of nitrogens with two attached hydrogens (primary N) is 1. The topological polar surface area (TPSA) is 55.1 Å². The second-order valence-corrected chi connectivity index (χ2v) is 5.93. The van der Waals surface area contributed by atoms with Crippen LogP contribution in [0.2, 0.25) is 0 Å². The molecular formula is C14H19F3N2O. The lowest BCUT2D eigenvalue weighted by Crippen LogP contribution is -2.32. The van der Waals surface area contributed by atoms with Gasteiger partial charge in [0.2, 0.25) is 5.91 Å². The summed E-state index contributed by atoms with van der Waals surface area (Å²) in [5.74, 6) is -4.58. The summed E-state index contributed by atoms with van der Waals surface area (Å²) in [7, 11) is 0. The van der Waals surface area contributed by atoms with Gasteiger partial charge in [-0.3, -0.25) is 4.79 Å². The van der Waals surface area contributed by atoms with Crippen LogP contribution in [0.5, 0.6) is 0 Å². The van der Waals surface area contributed by atoms with Crippen LogP contribution in [0.1, 0.15) is 27.2 Å². The van der Waals surface area contributed by atoms with Crippen LogP contribution in [0.15, 0.2) is 12.1 Å². The highest BCUT2D eigenvalue weighted by Crippen LogP contribution is 2.25. The van der Waals surface area contributed by atoms with E-state index in [1.54, 1.807) is 0 Å². The smallest absolute Gasteiger partial charge is 0.228 e. The van der Waals surface area contributed by atoms with Crippen molar-refractivity contribution in [1.82, 2.24) is 0 Å². The normalized spacial score (nSPS) is 13.2. The number of benzene rings is 1. The van der Waals surface area contributed by atoms with Crippen LogP contribution in [-0.4, -0.2) is 12.5 Å². The average Bonchev–Trinajstić information content (AvgIpc) is 2.31. The molecule has 1 aromatic carbocycles. The van der Waals surface area contributed by atoms with Crippen LogP contribution in [-0.2, 0) is 4.79 Å². The first-order valence-corrected chi connectivity index (χ1v) is 6.29. The lowest BCUT2D eigenvalue weighted by Gasteiger charge is -2.24. The van der Waals surface area contributed by atoms with Gasteiger partial charge in [0.05, 0.1) is 11.6 Å². The van der Waals surface area contributed by atoms with Gasteiger partial charge in [0.25, 0.3) is 0 Å². The third-order valence-electron chi connectivity index (χ3n) is 2.78. The largest absolute Gasteiger partial charge is 0.330 e. The van der Waals surface area contributed by atoms with Crippen LogP contribution in [0.3, 0.4) is 0 Å². The lowest BCUT2D eigenvalue weighted by molar-refractivity contribution is -0.120. The first-order valence-electron chi connectivity index (χ1n) is 6.29. The van der Waals surface area contributed by atoms with E-state index in [1.807, 2.05) is 20.8 Å². The zero-order chi connectivity index (χ0) is 15.5. The lowest BCUT2D eigenvalue weighted by atomic mass is 9.84. The molecule has 0 aromatic heterocycles. The molecule has 0 bridgehead atoms. The van der Waals surface area contributed by atoms with Gasteiger partial charge < -0.3 is 11.1 Å². The van der Waals surface area contributed by atoms with Gasteiger partial charge >= 0.3 is 0 Å². The summed E-state index contributed by atoms with van der Waals surface area (Å²) in [6, 6.07) is 1.01. The van der Waals surface area contributed by atoms with E-state index in [0.29, 0.717) is 18.6 Å². The maximum absolute atomic E-state index is 13.4. The Balaban J connectivity index is 2.86. The Bertz CT molecular complexity index is 498. The molecule has 0 aliphatic heterocycles. The van der Waals surface area contributed by atoms with Gasteiger partial charge in [0.1, 0.15) is 5.82 Å². The van der Waals surface area contributed by atoms with Gasteiger partial charge in [-0.1, -0.05) is 20.8 Å². The van der Waals surface area contributed by atoms with E-state index in [0.717, 1.165) is 0 Å². The molecule has 0 saturated heterocycles. The minimum atomic E-state index is -1.30. The fourth-order valence-corrected chi connectivity index (χ4v) is 1.88. The van der Waals surface area contributed by atoms with Gasteiger partial charge in [-0.05, 0) is 11.8 Å². The van der Waals surface area contributed by atoms with Gasteiger partial charge in [-0.25, -0.2) is 13.2 Å². The number of rotatable bonds is 4. The Morgan fingerprint density at radius 2 is 1.75 bits per heavy atom. The molecule has 0 heterocycles. The molecule has 1 amide bonds. The Morgan fingerprint density at radius 1 is 1.20 bits per heavy atom. The first-order chi connectivity index (χ1) is 9.14. The number of anilines is 1. The SMILES string of the molecule is CC(C)(C)CC(CN)C(=O)Nc1cc(F)c(F)cc1F. The van der Waals surface area contributed by atoms with Crippen molar-refractivity contribution < 1.29 is 18.0 Å². The number of hydrogen-bond donors (Lipinski definition) is 2. The van der Waals surface area contributed by atoms with Crippen molar-refractivity contribution in [2.45, 2.75) is 27.2 Å². The van der Waals surface area contributed by atoms with Crippen molar-refractivity contribution in [3.05, 3.63) is 29.6 Å². The zero-order valence-electron chi connectivity index (χ0n) is 11.8. The Hall–Kier alpha value is -1.56. The summed E-state index contributed by atoms with van der Waals surface area (Å²) in [5, 5.41) is 2.25. The van der Waals surface area contributed by atoms with Crippen molar-refractivity contribution >= 4 is 11.6 Å². The first kappa shape index (κ1) is 16.5. The van der Waals surface area contributed by atoms with E-state index in [-0.39, 0.29) is 17.6 Å². The van der Waals surface area contributed by atoms with Crippen molar-refractivity contribution in [1.29, 1.82) is 0 Å². The molecule has 20 heavy (non-hydrogen) atoms. The molecule has 6 heteroatoms. The van der Waals surface area contributed by atoms with E-state index < -0.39 is 29.3 Å². The summed E-state index contributed by atoms with van der Waals surface area (Å²) in [5.41, 5.74) is 5.02. The number of hydrogen-bond acceptors (Lipinski definition) is 2. The molecule has 1 aromatic rings. The molecule has 0 aliphatic rings. The quantitative estimate of drug-likeness (QED) is 0.837. The third kappa shape index (κ3) is 4.52. The third-order valence-corrected chi connectivity index (χ3v) is 2.78. The fourth-order valence-electron chi connectivity index (χ4n) is 1.88. The van der Waals surface area contributed by atoms with E-state index >= 15 is 0 Å². The number of carbonyl (C=O) groups is 1. The average molecular weight is 288 g/mol.